The van der Waals surface area contributed by atoms with Crippen molar-refractivity contribution in [2.24, 2.45) is 0 Å². The van der Waals surface area contributed by atoms with Crippen LogP contribution in [-0.4, -0.2) is 24.8 Å². The summed E-state index contributed by atoms with van der Waals surface area (Å²) in [6.07, 6.45) is 0. The third kappa shape index (κ3) is 4.56. The molecule has 0 aromatic heterocycles. The first-order chi connectivity index (χ1) is 7.29. The van der Waals surface area contributed by atoms with Crippen LogP contribution in [0.25, 0.3) is 0 Å². The standard InChI is InChI=1S/C10H15Cl2N3.ClH/c11-4-6-14-9-3-1-2-8(13)10(9)15-7-5-12;/h1-3,14-15H,4-7,13H2;1H. The molecule has 92 valence electrons. The average molecular weight is 285 g/mol. The molecule has 0 spiro atoms. The van der Waals surface area contributed by atoms with Crippen molar-refractivity contribution in [2.75, 3.05) is 41.2 Å². The lowest BCUT2D eigenvalue weighted by atomic mass is 10.2. The van der Waals surface area contributed by atoms with Gasteiger partial charge in [-0.25, -0.2) is 0 Å². The van der Waals surface area contributed by atoms with Gasteiger partial charge in [-0.1, -0.05) is 6.07 Å². The summed E-state index contributed by atoms with van der Waals surface area (Å²) in [5.74, 6) is 1.10. The zero-order chi connectivity index (χ0) is 11.1. The van der Waals surface area contributed by atoms with Crippen molar-refractivity contribution in [1.82, 2.24) is 0 Å². The second-order valence-corrected chi connectivity index (χ2v) is 3.76. The van der Waals surface area contributed by atoms with E-state index in [4.69, 9.17) is 28.9 Å². The van der Waals surface area contributed by atoms with E-state index in [9.17, 15) is 0 Å². The number of nitrogens with one attached hydrogen (secondary N) is 2. The lowest BCUT2D eigenvalue weighted by Gasteiger charge is -2.14. The number of halogens is 3. The fraction of sp³-hybridized carbons (Fsp3) is 0.400. The van der Waals surface area contributed by atoms with E-state index in [-0.39, 0.29) is 12.4 Å². The van der Waals surface area contributed by atoms with Crippen molar-refractivity contribution in [1.29, 1.82) is 0 Å². The summed E-state index contributed by atoms with van der Waals surface area (Å²) in [5, 5.41) is 6.37. The first-order valence-electron chi connectivity index (χ1n) is 4.77. The molecule has 0 heterocycles. The molecule has 0 aliphatic carbocycles. The summed E-state index contributed by atoms with van der Waals surface area (Å²) in [6, 6.07) is 5.71. The molecular weight excluding hydrogens is 268 g/mol. The minimum absolute atomic E-state index is 0. The van der Waals surface area contributed by atoms with Crippen molar-refractivity contribution < 1.29 is 0 Å². The highest BCUT2D eigenvalue weighted by Crippen LogP contribution is 2.27. The number of hydrogen-bond donors (Lipinski definition) is 3. The van der Waals surface area contributed by atoms with E-state index in [2.05, 4.69) is 10.6 Å². The molecule has 0 saturated heterocycles. The van der Waals surface area contributed by atoms with Crippen molar-refractivity contribution in [2.45, 2.75) is 0 Å². The number of para-hydroxylation sites is 1. The van der Waals surface area contributed by atoms with E-state index in [0.717, 1.165) is 11.4 Å². The van der Waals surface area contributed by atoms with E-state index < -0.39 is 0 Å². The second kappa shape index (κ2) is 8.62. The minimum atomic E-state index is 0. The van der Waals surface area contributed by atoms with Gasteiger partial charge in [0.2, 0.25) is 0 Å². The molecular formula is C10H16Cl3N3. The number of hydrogen-bond acceptors (Lipinski definition) is 3. The van der Waals surface area contributed by atoms with Gasteiger partial charge in [-0.15, -0.1) is 35.6 Å². The van der Waals surface area contributed by atoms with Gasteiger partial charge in [0.15, 0.2) is 0 Å². The van der Waals surface area contributed by atoms with Crippen molar-refractivity contribution >= 4 is 52.7 Å². The molecule has 0 aliphatic rings. The Morgan fingerprint density at radius 2 is 1.69 bits per heavy atom. The normalized spacial score (nSPS) is 9.38. The monoisotopic (exact) mass is 283 g/mol. The Morgan fingerprint density at radius 3 is 2.31 bits per heavy atom. The molecule has 4 N–H and O–H groups in total. The SMILES string of the molecule is Cl.Nc1cccc(NCCCl)c1NCCCl. The first kappa shape index (κ1) is 15.5. The fourth-order valence-electron chi connectivity index (χ4n) is 1.27. The fourth-order valence-corrected chi connectivity index (χ4v) is 1.46. The average Bonchev–Trinajstić information content (AvgIpc) is 2.25. The van der Waals surface area contributed by atoms with E-state index in [0.29, 0.717) is 30.5 Å². The van der Waals surface area contributed by atoms with Gasteiger partial charge in [0.1, 0.15) is 0 Å². The van der Waals surface area contributed by atoms with E-state index >= 15 is 0 Å². The zero-order valence-electron chi connectivity index (χ0n) is 8.80. The van der Waals surface area contributed by atoms with Crippen LogP contribution in [0.3, 0.4) is 0 Å². The maximum atomic E-state index is 5.86. The van der Waals surface area contributed by atoms with Crippen LogP contribution < -0.4 is 16.4 Å². The van der Waals surface area contributed by atoms with Crippen LogP contribution >= 0.6 is 35.6 Å². The lowest BCUT2D eigenvalue weighted by Crippen LogP contribution is -2.10. The highest BCUT2D eigenvalue weighted by Gasteiger charge is 2.04. The molecule has 0 bridgehead atoms. The van der Waals surface area contributed by atoms with Crippen LogP contribution in [0.2, 0.25) is 0 Å². The number of anilines is 3. The van der Waals surface area contributed by atoms with Crippen molar-refractivity contribution in [3.63, 3.8) is 0 Å². The molecule has 16 heavy (non-hydrogen) atoms. The summed E-state index contributed by atoms with van der Waals surface area (Å²) in [7, 11) is 0. The quantitative estimate of drug-likeness (QED) is 0.556. The molecule has 1 aromatic carbocycles. The van der Waals surface area contributed by atoms with Gasteiger partial charge >= 0.3 is 0 Å². The molecule has 0 radical (unpaired) electrons. The topological polar surface area (TPSA) is 50.1 Å². The van der Waals surface area contributed by atoms with Gasteiger partial charge < -0.3 is 16.4 Å². The van der Waals surface area contributed by atoms with Crippen LogP contribution in [0.1, 0.15) is 0 Å². The van der Waals surface area contributed by atoms with Gasteiger partial charge in [0, 0.05) is 24.8 Å². The molecule has 0 amide bonds. The smallest absolute Gasteiger partial charge is 0.0809 e. The summed E-state index contributed by atoms with van der Waals surface area (Å²) in [5.41, 5.74) is 8.41. The summed E-state index contributed by atoms with van der Waals surface area (Å²) in [6.45, 7) is 1.39. The zero-order valence-corrected chi connectivity index (χ0v) is 11.1. The highest BCUT2D eigenvalue weighted by molar-refractivity contribution is 6.18. The number of benzene rings is 1. The predicted molar refractivity (Wildman–Crippen MR) is 76.5 cm³/mol. The van der Waals surface area contributed by atoms with E-state index in [1.54, 1.807) is 0 Å². The van der Waals surface area contributed by atoms with Gasteiger partial charge in [0.25, 0.3) is 0 Å². The van der Waals surface area contributed by atoms with Crippen molar-refractivity contribution in [3.05, 3.63) is 18.2 Å². The first-order valence-corrected chi connectivity index (χ1v) is 5.84. The molecule has 0 fully saturated rings. The number of nitrogens with two attached hydrogens (primary N) is 1. The molecule has 0 unspecified atom stereocenters. The molecule has 1 aromatic rings. The predicted octanol–water partition coefficient (Wildman–Crippen LogP) is 2.99. The van der Waals surface area contributed by atoms with Crippen LogP contribution in [0.5, 0.6) is 0 Å². The van der Waals surface area contributed by atoms with Gasteiger partial charge in [-0.05, 0) is 12.1 Å². The Labute approximate surface area is 112 Å². The summed E-state index contributed by atoms with van der Waals surface area (Å²) >= 11 is 11.2. The minimum Gasteiger partial charge on any atom is -0.397 e. The van der Waals surface area contributed by atoms with Gasteiger partial charge in [-0.3, -0.25) is 0 Å². The Kier molecular flexibility index (Phi) is 8.35. The maximum absolute atomic E-state index is 5.86. The Balaban J connectivity index is 0.00000225. The summed E-state index contributed by atoms with van der Waals surface area (Å²) in [4.78, 5) is 0. The van der Waals surface area contributed by atoms with Crippen LogP contribution in [0, 0.1) is 0 Å². The van der Waals surface area contributed by atoms with E-state index in [1.807, 2.05) is 18.2 Å². The molecule has 0 aliphatic heterocycles. The third-order valence-electron chi connectivity index (χ3n) is 1.90. The Morgan fingerprint density at radius 1 is 1.06 bits per heavy atom. The summed E-state index contributed by atoms with van der Waals surface area (Å²) < 4.78 is 0. The van der Waals surface area contributed by atoms with Crippen LogP contribution in [0.15, 0.2) is 18.2 Å². The number of alkyl halides is 2. The van der Waals surface area contributed by atoms with Crippen molar-refractivity contribution in [3.8, 4) is 0 Å². The molecule has 0 saturated carbocycles. The van der Waals surface area contributed by atoms with Gasteiger partial charge in [0.05, 0.1) is 17.1 Å². The lowest BCUT2D eigenvalue weighted by molar-refractivity contribution is 1.19. The number of nitrogen functional groups attached to an aromatic ring is 1. The molecule has 1 rings (SSSR count). The van der Waals surface area contributed by atoms with Gasteiger partial charge in [-0.2, -0.15) is 0 Å². The molecule has 3 nitrogen and oxygen atoms in total. The Bertz CT molecular complexity index is 307. The largest absolute Gasteiger partial charge is 0.397 e. The third-order valence-corrected chi connectivity index (χ3v) is 2.28. The highest BCUT2D eigenvalue weighted by atomic mass is 35.5. The maximum Gasteiger partial charge on any atom is 0.0809 e. The van der Waals surface area contributed by atoms with Crippen LogP contribution in [0.4, 0.5) is 17.1 Å². The molecule has 0 atom stereocenters. The second-order valence-electron chi connectivity index (χ2n) is 3.00. The van der Waals surface area contributed by atoms with E-state index in [1.165, 1.54) is 0 Å². The van der Waals surface area contributed by atoms with Crippen LogP contribution in [-0.2, 0) is 0 Å². The number of rotatable bonds is 6. The Hall–Kier alpha value is -0.510. The molecule has 6 heteroatoms.